The summed E-state index contributed by atoms with van der Waals surface area (Å²) < 4.78 is 0. The SMILES string of the molecule is CCN1CCCCC1CNC(=NC)NCc1ccc(N2CCCC2=O)cc1.I. The predicted octanol–water partition coefficient (Wildman–Crippen LogP) is 2.97. The van der Waals surface area contributed by atoms with E-state index >= 15 is 0 Å². The van der Waals surface area contributed by atoms with Crippen LogP contribution in [0.15, 0.2) is 29.3 Å². The average molecular weight is 499 g/mol. The fourth-order valence-corrected chi connectivity index (χ4v) is 4.04. The number of anilines is 1. The molecule has 2 aliphatic rings. The van der Waals surface area contributed by atoms with E-state index in [0.29, 0.717) is 12.5 Å². The van der Waals surface area contributed by atoms with Gasteiger partial charge in [-0.1, -0.05) is 25.5 Å². The molecule has 0 aliphatic carbocycles. The predicted molar refractivity (Wildman–Crippen MR) is 127 cm³/mol. The van der Waals surface area contributed by atoms with Crippen molar-refractivity contribution in [2.75, 3.05) is 38.1 Å². The van der Waals surface area contributed by atoms with Crippen LogP contribution in [0.1, 0.15) is 44.6 Å². The number of benzene rings is 1. The molecular weight excluding hydrogens is 465 g/mol. The number of amides is 1. The lowest BCUT2D eigenvalue weighted by Crippen LogP contribution is -2.48. The quantitative estimate of drug-likeness (QED) is 0.359. The molecular formula is C21H34IN5O. The maximum Gasteiger partial charge on any atom is 0.227 e. The molecule has 6 nitrogen and oxygen atoms in total. The number of nitrogens with zero attached hydrogens (tertiary/aromatic N) is 3. The summed E-state index contributed by atoms with van der Waals surface area (Å²) in [5.74, 6) is 1.07. The van der Waals surface area contributed by atoms with Gasteiger partial charge in [0.2, 0.25) is 5.91 Å². The van der Waals surface area contributed by atoms with E-state index in [9.17, 15) is 4.79 Å². The lowest BCUT2D eigenvalue weighted by molar-refractivity contribution is -0.117. The maximum absolute atomic E-state index is 11.8. The normalized spacial score (nSPS) is 20.8. The Balaban J connectivity index is 0.00000280. The fourth-order valence-electron chi connectivity index (χ4n) is 4.04. The van der Waals surface area contributed by atoms with Gasteiger partial charge in [0.25, 0.3) is 0 Å². The summed E-state index contributed by atoms with van der Waals surface area (Å²) in [6.45, 7) is 7.05. The first kappa shape index (κ1) is 22.9. The Bertz CT molecular complexity index is 649. The molecule has 7 heteroatoms. The van der Waals surface area contributed by atoms with Crippen molar-refractivity contribution in [2.45, 2.75) is 51.6 Å². The number of likely N-dealkylation sites (N-methyl/N-ethyl adjacent to an activating group) is 1. The van der Waals surface area contributed by atoms with Crippen molar-refractivity contribution in [3.05, 3.63) is 29.8 Å². The number of piperidine rings is 1. The minimum atomic E-state index is 0. The van der Waals surface area contributed by atoms with Gasteiger partial charge < -0.3 is 15.5 Å². The molecule has 2 fully saturated rings. The highest BCUT2D eigenvalue weighted by Gasteiger charge is 2.22. The molecule has 0 radical (unpaired) electrons. The van der Waals surface area contributed by atoms with E-state index in [1.807, 2.05) is 24.1 Å². The van der Waals surface area contributed by atoms with Crippen molar-refractivity contribution in [3.63, 3.8) is 0 Å². The van der Waals surface area contributed by atoms with Gasteiger partial charge in [-0.2, -0.15) is 0 Å². The third-order valence-electron chi connectivity index (χ3n) is 5.67. The van der Waals surface area contributed by atoms with Crippen LogP contribution < -0.4 is 15.5 Å². The van der Waals surface area contributed by atoms with Gasteiger partial charge in [0.15, 0.2) is 5.96 Å². The topological polar surface area (TPSA) is 60.0 Å². The van der Waals surface area contributed by atoms with Gasteiger partial charge in [0, 0.05) is 44.8 Å². The number of hydrogen-bond donors (Lipinski definition) is 2. The summed E-state index contributed by atoms with van der Waals surface area (Å²) >= 11 is 0. The second-order valence-corrected chi connectivity index (χ2v) is 7.40. The first-order valence-electron chi connectivity index (χ1n) is 10.3. The van der Waals surface area contributed by atoms with Crippen molar-refractivity contribution in [1.29, 1.82) is 0 Å². The maximum atomic E-state index is 11.8. The van der Waals surface area contributed by atoms with Crippen molar-refractivity contribution < 1.29 is 4.79 Å². The number of hydrogen-bond acceptors (Lipinski definition) is 3. The van der Waals surface area contributed by atoms with Crippen LogP contribution in [0.5, 0.6) is 0 Å². The number of halogens is 1. The molecule has 1 aromatic rings. The van der Waals surface area contributed by atoms with Crippen LogP contribution in [0.25, 0.3) is 0 Å². The zero-order valence-corrected chi connectivity index (χ0v) is 19.4. The van der Waals surface area contributed by atoms with Crippen molar-refractivity contribution >= 4 is 41.5 Å². The molecule has 2 heterocycles. The van der Waals surface area contributed by atoms with E-state index in [1.165, 1.54) is 31.4 Å². The molecule has 2 N–H and O–H groups in total. The average Bonchev–Trinajstić information content (AvgIpc) is 3.14. The summed E-state index contributed by atoms with van der Waals surface area (Å²) in [4.78, 5) is 20.6. The number of carbonyl (C=O) groups is 1. The largest absolute Gasteiger partial charge is 0.355 e. The molecule has 0 aromatic heterocycles. The summed E-state index contributed by atoms with van der Waals surface area (Å²) in [7, 11) is 1.82. The van der Waals surface area contributed by atoms with Gasteiger partial charge in [-0.15, -0.1) is 24.0 Å². The Morgan fingerprint density at radius 2 is 1.93 bits per heavy atom. The van der Waals surface area contributed by atoms with Crippen LogP contribution in [0.3, 0.4) is 0 Å². The van der Waals surface area contributed by atoms with Gasteiger partial charge in [-0.25, -0.2) is 0 Å². The van der Waals surface area contributed by atoms with Crippen LogP contribution in [-0.2, 0) is 11.3 Å². The monoisotopic (exact) mass is 499 g/mol. The minimum absolute atomic E-state index is 0. The molecule has 156 valence electrons. The van der Waals surface area contributed by atoms with E-state index in [4.69, 9.17) is 0 Å². The van der Waals surface area contributed by atoms with Gasteiger partial charge in [0.1, 0.15) is 0 Å². The Kier molecular flexibility index (Phi) is 9.50. The van der Waals surface area contributed by atoms with E-state index in [0.717, 1.165) is 44.2 Å². The molecule has 2 aliphatic heterocycles. The Hall–Kier alpha value is -1.35. The van der Waals surface area contributed by atoms with E-state index in [-0.39, 0.29) is 29.9 Å². The van der Waals surface area contributed by atoms with Crippen LogP contribution >= 0.6 is 24.0 Å². The van der Waals surface area contributed by atoms with Gasteiger partial charge in [0.05, 0.1) is 0 Å². The number of nitrogens with one attached hydrogen (secondary N) is 2. The molecule has 0 saturated carbocycles. The lowest BCUT2D eigenvalue weighted by atomic mass is 10.0. The minimum Gasteiger partial charge on any atom is -0.355 e. The lowest BCUT2D eigenvalue weighted by Gasteiger charge is -2.35. The number of guanidine groups is 1. The Morgan fingerprint density at radius 3 is 2.57 bits per heavy atom. The first-order chi connectivity index (χ1) is 13.2. The first-order valence-corrected chi connectivity index (χ1v) is 10.3. The van der Waals surface area contributed by atoms with Crippen LogP contribution in [-0.4, -0.2) is 56.0 Å². The number of rotatable bonds is 6. The third-order valence-corrected chi connectivity index (χ3v) is 5.67. The molecule has 0 spiro atoms. The van der Waals surface area contributed by atoms with Crippen LogP contribution in [0.4, 0.5) is 5.69 Å². The number of likely N-dealkylation sites (tertiary alicyclic amines) is 1. The Morgan fingerprint density at radius 1 is 1.14 bits per heavy atom. The summed E-state index contributed by atoms with van der Waals surface area (Å²) in [6.07, 6.45) is 5.52. The van der Waals surface area contributed by atoms with Crippen molar-refractivity contribution in [3.8, 4) is 0 Å². The molecule has 2 saturated heterocycles. The standard InChI is InChI=1S/C21H33N5O.HI/c1-3-25-13-5-4-7-19(25)16-24-21(22-2)23-15-17-9-11-18(12-10-17)26-14-6-8-20(26)27;/h9-12,19H,3-8,13-16H2,1-2H3,(H2,22,23,24);1H. The van der Waals surface area contributed by atoms with Gasteiger partial charge in [-0.05, 0) is 50.0 Å². The van der Waals surface area contributed by atoms with Gasteiger partial charge >= 0.3 is 0 Å². The van der Waals surface area contributed by atoms with Gasteiger partial charge in [-0.3, -0.25) is 14.7 Å². The zero-order valence-electron chi connectivity index (χ0n) is 17.1. The van der Waals surface area contributed by atoms with Crippen molar-refractivity contribution in [2.24, 2.45) is 4.99 Å². The van der Waals surface area contributed by atoms with Crippen LogP contribution in [0, 0.1) is 0 Å². The van der Waals surface area contributed by atoms with Crippen LogP contribution in [0.2, 0.25) is 0 Å². The summed E-state index contributed by atoms with van der Waals surface area (Å²) in [5, 5.41) is 6.88. The number of carbonyl (C=O) groups excluding carboxylic acids is 1. The smallest absolute Gasteiger partial charge is 0.227 e. The molecule has 3 rings (SSSR count). The van der Waals surface area contributed by atoms with E-state index in [2.05, 4.69) is 39.6 Å². The van der Waals surface area contributed by atoms with Crippen molar-refractivity contribution in [1.82, 2.24) is 15.5 Å². The highest BCUT2D eigenvalue weighted by Crippen LogP contribution is 2.21. The molecule has 0 bridgehead atoms. The number of aliphatic imine (C=N–C) groups is 1. The van der Waals surface area contributed by atoms with E-state index in [1.54, 1.807) is 0 Å². The molecule has 28 heavy (non-hydrogen) atoms. The molecule has 1 atom stereocenters. The summed E-state index contributed by atoms with van der Waals surface area (Å²) in [5.41, 5.74) is 2.18. The highest BCUT2D eigenvalue weighted by molar-refractivity contribution is 14.0. The highest BCUT2D eigenvalue weighted by atomic mass is 127. The molecule has 1 amide bonds. The Labute approximate surface area is 186 Å². The third kappa shape index (κ3) is 6.07. The second-order valence-electron chi connectivity index (χ2n) is 7.40. The molecule has 1 aromatic carbocycles. The van der Waals surface area contributed by atoms with E-state index < -0.39 is 0 Å². The summed E-state index contributed by atoms with van der Waals surface area (Å²) in [6, 6.07) is 8.84. The second kappa shape index (κ2) is 11.6. The molecule has 1 unspecified atom stereocenters. The zero-order chi connectivity index (χ0) is 19.1. The fraction of sp³-hybridized carbons (Fsp3) is 0.619.